The summed E-state index contributed by atoms with van der Waals surface area (Å²) in [5.41, 5.74) is 3.73. The summed E-state index contributed by atoms with van der Waals surface area (Å²) in [6.45, 7) is 2.51. The Kier molecular flexibility index (Phi) is 6.95. The van der Waals surface area contributed by atoms with E-state index in [1.807, 2.05) is 5.38 Å². The monoisotopic (exact) mass is 431 g/mol. The lowest BCUT2D eigenvalue weighted by Gasteiger charge is -2.13. The number of aryl methyl sites for hydroxylation is 1. The summed E-state index contributed by atoms with van der Waals surface area (Å²) in [5.74, 6) is 0.905. The minimum absolute atomic E-state index is 0.346. The summed E-state index contributed by atoms with van der Waals surface area (Å²) >= 11 is 7.68. The number of ether oxygens (including phenoxy) is 2. The highest BCUT2D eigenvalue weighted by atomic mass is 35.5. The van der Waals surface area contributed by atoms with Crippen LogP contribution < -0.4 is 20.1 Å². The van der Waals surface area contributed by atoms with E-state index in [0.29, 0.717) is 35.2 Å². The zero-order chi connectivity index (χ0) is 20.8. The molecule has 0 atom stereocenters. The van der Waals surface area contributed by atoms with Gasteiger partial charge in [-0.2, -0.15) is 0 Å². The molecule has 0 unspecified atom stereocenters. The number of rotatable bonds is 7. The minimum atomic E-state index is -0.346. The van der Waals surface area contributed by atoms with Crippen LogP contribution in [0, 0.1) is 6.92 Å². The molecule has 2 amide bonds. The van der Waals surface area contributed by atoms with E-state index in [0.717, 1.165) is 16.3 Å². The van der Waals surface area contributed by atoms with Crippen molar-refractivity contribution in [2.45, 2.75) is 13.3 Å². The average molecular weight is 432 g/mol. The number of aromatic nitrogens is 1. The van der Waals surface area contributed by atoms with Crippen molar-refractivity contribution in [1.82, 2.24) is 10.3 Å². The van der Waals surface area contributed by atoms with Crippen molar-refractivity contribution < 1.29 is 14.3 Å². The molecule has 1 aromatic heterocycles. The molecule has 0 aliphatic heterocycles. The highest BCUT2D eigenvalue weighted by Crippen LogP contribution is 2.35. The van der Waals surface area contributed by atoms with Crippen LogP contribution in [0.4, 0.5) is 10.5 Å². The molecule has 8 heteroatoms. The summed E-state index contributed by atoms with van der Waals surface area (Å²) in [6.07, 6.45) is 0.636. The van der Waals surface area contributed by atoms with Crippen molar-refractivity contribution in [3.8, 4) is 22.1 Å². The third-order valence-corrected chi connectivity index (χ3v) is 5.47. The SMILES string of the molecule is COc1cc(NC(=O)NCCc2csc(-c3ccc(C)cc3)n2)c(OC)cc1Cl. The Balaban J connectivity index is 1.55. The zero-order valence-electron chi connectivity index (χ0n) is 16.4. The number of nitrogens with one attached hydrogen (secondary N) is 2. The van der Waals surface area contributed by atoms with Gasteiger partial charge in [-0.15, -0.1) is 11.3 Å². The zero-order valence-corrected chi connectivity index (χ0v) is 18.0. The van der Waals surface area contributed by atoms with Gasteiger partial charge in [-0.25, -0.2) is 9.78 Å². The van der Waals surface area contributed by atoms with Crippen LogP contribution in [-0.4, -0.2) is 31.8 Å². The van der Waals surface area contributed by atoms with Crippen molar-refractivity contribution in [3.05, 3.63) is 58.1 Å². The van der Waals surface area contributed by atoms with Gasteiger partial charge in [-0.1, -0.05) is 41.4 Å². The maximum absolute atomic E-state index is 12.2. The lowest BCUT2D eigenvalue weighted by Crippen LogP contribution is -2.30. The van der Waals surface area contributed by atoms with E-state index in [4.69, 9.17) is 21.1 Å². The van der Waals surface area contributed by atoms with Gasteiger partial charge in [0.2, 0.25) is 0 Å². The molecule has 2 N–H and O–H groups in total. The number of thiazole rings is 1. The number of anilines is 1. The highest BCUT2D eigenvalue weighted by Gasteiger charge is 2.12. The fourth-order valence-electron chi connectivity index (χ4n) is 2.68. The molecule has 0 aliphatic rings. The largest absolute Gasteiger partial charge is 0.495 e. The van der Waals surface area contributed by atoms with E-state index in [9.17, 15) is 4.79 Å². The number of amides is 2. The molecule has 0 bridgehead atoms. The predicted octanol–water partition coefficient (Wildman–Crippen LogP) is 5.15. The number of benzene rings is 2. The van der Waals surface area contributed by atoms with Crippen molar-refractivity contribution in [3.63, 3.8) is 0 Å². The topological polar surface area (TPSA) is 72.5 Å². The Morgan fingerprint density at radius 1 is 1.14 bits per heavy atom. The van der Waals surface area contributed by atoms with E-state index in [1.165, 1.54) is 19.8 Å². The number of halogens is 1. The van der Waals surface area contributed by atoms with Crippen LogP contribution in [0.1, 0.15) is 11.3 Å². The van der Waals surface area contributed by atoms with Gasteiger partial charge >= 0.3 is 6.03 Å². The Morgan fingerprint density at radius 3 is 2.55 bits per heavy atom. The van der Waals surface area contributed by atoms with Crippen LogP contribution in [0.2, 0.25) is 5.02 Å². The molecular formula is C21H22ClN3O3S. The van der Waals surface area contributed by atoms with E-state index in [-0.39, 0.29) is 6.03 Å². The molecule has 1 heterocycles. The standard InChI is InChI=1S/C21H22ClN3O3S/c1-13-4-6-14(7-5-13)20-24-15(12-29-20)8-9-23-21(26)25-17-11-18(27-2)16(22)10-19(17)28-3/h4-7,10-12H,8-9H2,1-3H3,(H2,23,25,26). The smallest absolute Gasteiger partial charge is 0.319 e. The van der Waals surface area contributed by atoms with Crippen LogP contribution in [0.5, 0.6) is 11.5 Å². The van der Waals surface area contributed by atoms with Crippen LogP contribution in [0.3, 0.4) is 0 Å². The molecule has 0 spiro atoms. The van der Waals surface area contributed by atoms with Crippen molar-refractivity contribution in [2.24, 2.45) is 0 Å². The number of methoxy groups -OCH3 is 2. The summed E-state index contributed by atoms with van der Waals surface area (Å²) in [6, 6.07) is 11.1. The molecule has 3 aromatic rings. The maximum Gasteiger partial charge on any atom is 0.319 e. The normalized spacial score (nSPS) is 10.5. The third-order valence-electron chi connectivity index (χ3n) is 4.24. The summed E-state index contributed by atoms with van der Waals surface area (Å²) in [4.78, 5) is 16.9. The fraction of sp³-hybridized carbons (Fsp3) is 0.238. The third kappa shape index (κ3) is 5.40. The van der Waals surface area contributed by atoms with E-state index >= 15 is 0 Å². The van der Waals surface area contributed by atoms with Crippen molar-refractivity contribution >= 4 is 34.7 Å². The van der Waals surface area contributed by atoms with Crippen LogP contribution >= 0.6 is 22.9 Å². The molecule has 3 rings (SSSR count). The predicted molar refractivity (Wildman–Crippen MR) is 118 cm³/mol. The molecule has 0 saturated heterocycles. The van der Waals surface area contributed by atoms with E-state index in [1.54, 1.807) is 23.5 Å². The summed E-state index contributed by atoms with van der Waals surface area (Å²) < 4.78 is 10.4. The number of carbonyl (C=O) groups is 1. The van der Waals surface area contributed by atoms with Gasteiger partial charge in [0.15, 0.2) is 0 Å². The molecular weight excluding hydrogens is 410 g/mol. The fourth-order valence-corrected chi connectivity index (χ4v) is 3.77. The number of hydrogen-bond acceptors (Lipinski definition) is 5. The molecule has 2 aromatic carbocycles. The van der Waals surface area contributed by atoms with Crippen molar-refractivity contribution in [2.75, 3.05) is 26.1 Å². The molecule has 6 nitrogen and oxygen atoms in total. The van der Waals surface area contributed by atoms with Gasteiger partial charge in [0, 0.05) is 36.0 Å². The Labute approximate surface area is 178 Å². The van der Waals surface area contributed by atoms with E-state index in [2.05, 4.69) is 46.8 Å². The minimum Gasteiger partial charge on any atom is -0.495 e. The lowest BCUT2D eigenvalue weighted by atomic mass is 10.2. The molecule has 0 radical (unpaired) electrons. The first kappa shape index (κ1) is 21.0. The van der Waals surface area contributed by atoms with Crippen LogP contribution in [-0.2, 0) is 6.42 Å². The molecule has 29 heavy (non-hydrogen) atoms. The second kappa shape index (κ2) is 9.62. The summed E-state index contributed by atoms with van der Waals surface area (Å²) in [7, 11) is 3.02. The van der Waals surface area contributed by atoms with Gasteiger partial charge in [0.1, 0.15) is 16.5 Å². The molecule has 0 saturated carbocycles. The average Bonchev–Trinajstić information content (AvgIpc) is 3.18. The lowest BCUT2D eigenvalue weighted by molar-refractivity contribution is 0.252. The molecule has 0 fully saturated rings. The highest BCUT2D eigenvalue weighted by molar-refractivity contribution is 7.13. The van der Waals surface area contributed by atoms with Gasteiger partial charge in [-0.05, 0) is 6.92 Å². The first-order chi connectivity index (χ1) is 14.0. The summed E-state index contributed by atoms with van der Waals surface area (Å²) in [5, 5.41) is 8.98. The first-order valence-corrected chi connectivity index (χ1v) is 10.2. The quantitative estimate of drug-likeness (QED) is 0.542. The van der Waals surface area contributed by atoms with Gasteiger partial charge in [-0.3, -0.25) is 0 Å². The Hall–Kier alpha value is -2.77. The number of hydrogen-bond donors (Lipinski definition) is 2. The van der Waals surface area contributed by atoms with Gasteiger partial charge in [0.05, 0.1) is 30.6 Å². The van der Waals surface area contributed by atoms with Crippen LogP contribution in [0.15, 0.2) is 41.8 Å². The molecule has 0 aliphatic carbocycles. The second-order valence-corrected chi connectivity index (χ2v) is 7.59. The van der Waals surface area contributed by atoms with Gasteiger partial charge < -0.3 is 20.1 Å². The van der Waals surface area contributed by atoms with Crippen LogP contribution in [0.25, 0.3) is 10.6 Å². The number of nitrogens with zero attached hydrogens (tertiary/aromatic N) is 1. The molecule has 152 valence electrons. The van der Waals surface area contributed by atoms with E-state index < -0.39 is 0 Å². The second-order valence-electron chi connectivity index (χ2n) is 6.33. The number of carbonyl (C=O) groups excluding carboxylic acids is 1. The maximum atomic E-state index is 12.2. The van der Waals surface area contributed by atoms with Gasteiger partial charge in [0.25, 0.3) is 0 Å². The first-order valence-electron chi connectivity index (χ1n) is 8.98. The van der Waals surface area contributed by atoms with Crippen molar-refractivity contribution in [1.29, 1.82) is 0 Å². The Morgan fingerprint density at radius 2 is 1.86 bits per heavy atom. The number of urea groups is 1. The Bertz CT molecular complexity index is 989.